The Morgan fingerprint density at radius 1 is 1.00 bits per heavy atom. The van der Waals surface area contributed by atoms with E-state index < -0.39 is 5.97 Å². The van der Waals surface area contributed by atoms with Gasteiger partial charge in [0.2, 0.25) is 0 Å². The number of amides is 1. The maximum Gasteiger partial charge on any atom is 0.337 e. The van der Waals surface area contributed by atoms with Gasteiger partial charge in [-0.05, 0) is 54.4 Å². The van der Waals surface area contributed by atoms with E-state index in [1.165, 1.54) is 18.4 Å². The SMILES string of the molecule is COC(=O)c1ccc(C(=O)N(Cc2ccccc2)c2nc3c(C)c(Cl)ccc3s2)cc1. The fraction of sp³-hybridized carbons (Fsp3) is 0.125. The first kappa shape index (κ1) is 21.0. The zero-order valence-corrected chi connectivity index (χ0v) is 18.5. The van der Waals surface area contributed by atoms with Crippen molar-refractivity contribution in [2.45, 2.75) is 13.5 Å². The van der Waals surface area contributed by atoms with Gasteiger partial charge in [-0.15, -0.1) is 0 Å². The lowest BCUT2D eigenvalue weighted by molar-refractivity contribution is 0.0600. The highest BCUT2D eigenvalue weighted by Gasteiger charge is 2.23. The van der Waals surface area contributed by atoms with Crippen molar-refractivity contribution in [1.29, 1.82) is 0 Å². The molecule has 5 nitrogen and oxygen atoms in total. The summed E-state index contributed by atoms with van der Waals surface area (Å²) in [5, 5.41) is 1.23. The van der Waals surface area contributed by atoms with E-state index in [9.17, 15) is 9.59 Å². The molecule has 0 unspecified atom stereocenters. The van der Waals surface area contributed by atoms with Crippen molar-refractivity contribution in [2.24, 2.45) is 0 Å². The topological polar surface area (TPSA) is 59.5 Å². The number of hydrogen-bond donors (Lipinski definition) is 0. The minimum absolute atomic E-state index is 0.205. The Morgan fingerprint density at radius 3 is 2.35 bits per heavy atom. The van der Waals surface area contributed by atoms with Gasteiger partial charge in [0.15, 0.2) is 5.13 Å². The van der Waals surface area contributed by atoms with Crippen LogP contribution in [0.4, 0.5) is 5.13 Å². The quantitative estimate of drug-likeness (QED) is 0.355. The minimum atomic E-state index is -0.446. The van der Waals surface area contributed by atoms with Crippen molar-refractivity contribution in [3.8, 4) is 0 Å². The van der Waals surface area contributed by atoms with E-state index in [1.54, 1.807) is 29.2 Å². The van der Waals surface area contributed by atoms with Crippen LogP contribution in [-0.4, -0.2) is 24.0 Å². The Labute approximate surface area is 188 Å². The van der Waals surface area contributed by atoms with E-state index in [1.807, 2.05) is 49.4 Å². The fourth-order valence-electron chi connectivity index (χ4n) is 3.22. The lowest BCUT2D eigenvalue weighted by Crippen LogP contribution is -2.30. The van der Waals surface area contributed by atoms with Gasteiger partial charge < -0.3 is 4.74 Å². The van der Waals surface area contributed by atoms with Crippen molar-refractivity contribution < 1.29 is 14.3 Å². The molecule has 0 bridgehead atoms. The monoisotopic (exact) mass is 450 g/mol. The molecule has 0 N–H and O–H groups in total. The third kappa shape index (κ3) is 4.31. The molecule has 0 aliphatic heterocycles. The predicted molar refractivity (Wildman–Crippen MR) is 124 cm³/mol. The Hall–Kier alpha value is -3.22. The van der Waals surface area contributed by atoms with E-state index in [4.69, 9.17) is 21.3 Å². The van der Waals surface area contributed by atoms with Crippen molar-refractivity contribution in [3.05, 3.63) is 94.0 Å². The van der Waals surface area contributed by atoms with Crippen LogP contribution in [0.5, 0.6) is 0 Å². The summed E-state index contributed by atoms with van der Waals surface area (Å²) in [6, 6.07) is 19.9. The van der Waals surface area contributed by atoms with Crippen LogP contribution in [0.1, 0.15) is 31.8 Å². The molecule has 0 saturated heterocycles. The molecule has 0 atom stereocenters. The summed E-state index contributed by atoms with van der Waals surface area (Å²) in [7, 11) is 1.32. The Morgan fingerprint density at radius 2 is 1.68 bits per heavy atom. The highest BCUT2D eigenvalue weighted by atomic mass is 35.5. The minimum Gasteiger partial charge on any atom is -0.465 e. The number of esters is 1. The number of thiazole rings is 1. The van der Waals surface area contributed by atoms with Crippen molar-refractivity contribution in [1.82, 2.24) is 4.98 Å². The van der Waals surface area contributed by atoms with E-state index in [-0.39, 0.29) is 5.91 Å². The van der Waals surface area contributed by atoms with E-state index in [0.29, 0.717) is 27.8 Å². The molecule has 0 radical (unpaired) electrons. The number of nitrogens with zero attached hydrogens (tertiary/aromatic N) is 2. The van der Waals surface area contributed by atoms with Crippen LogP contribution in [0.15, 0.2) is 66.7 Å². The van der Waals surface area contributed by atoms with Crippen LogP contribution in [0.25, 0.3) is 10.2 Å². The van der Waals surface area contributed by atoms with Gasteiger partial charge in [0.25, 0.3) is 5.91 Å². The maximum atomic E-state index is 13.5. The number of rotatable bonds is 5. The lowest BCUT2D eigenvalue weighted by atomic mass is 10.1. The Balaban J connectivity index is 1.75. The highest BCUT2D eigenvalue weighted by Crippen LogP contribution is 2.34. The number of aromatic nitrogens is 1. The highest BCUT2D eigenvalue weighted by molar-refractivity contribution is 7.22. The largest absolute Gasteiger partial charge is 0.465 e. The number of fused-ring (bicyclic) bond motifs is 1. The van der Waals surface area contributed by atoms with Crippen LogP contribution in [0.3, 0.4) is 0 Å². The summed E-state index contributed by atoms with van der Waals surface area (Å²) >= 11 is 7.71. The molecule has 4 aromatic rings. The number of carbonyl (C=O) groups is 2. The Kier molecular flexibility index (Phi) is 6.02. The lowest BCUT2D eigenvalue weighted by Gasteiger charge is -2.20. The van der Waals surface area contributed by atoms with Gasteiger partial charge in [0.1, 0.15) is 0 Å². The molecule has 1 heterocycles. The van der Waals surface area contributed by atoms with E-state index in [0.717, 1.165) is 21.3 Å². The smallest absolute Gasteiger partial charge is 0.337 e. The zero-order chi connectivity index (χ0) is 22.0. The number of benzene rings is 3. The molecule has 0 saturated carbocycles. The van der Waals surface area contributed by atoms with E-state index in [2.05, 4.69) is 0 Å². The number of methoxy groups -OCH3 is 1. The summed E-state index contributed by atoms with van der Waals surface area (Å²) in [4.78, 5) is 31.6. The summed E-state index contributed by atoms with van der Waals surface area (Å²) in [5.74, 6) is -0.651. The first-order chi connectivity index (χ1) is 15.0. The van der Waals surface area contributed by atoms with Crippen LogP contribution in [-0.2, 0) is 11.3 Å². The van der Waals surface area contributed by atoms with Gasteiger partial charge in [-0.2, -0.15) is 0 Å². The molecule has 0 aliphatic carbocycles. The second-order valence-corrected chi connectivity index (χ2v) is 8.38. The summed E-state index contributed by atoms with van der Waals surface area (Å²) < 4.78 is 5.70. The third-order valence-electron chi connectivity index (χ3n) is 4.95. The third-order valence-corrected chi connectivity index (χ3v) is 6.40. The number of carbonyl (C=O) groups excluding carboxylic acids is 2. The van der Waals surface area contributed by atoms with Crippen LogP contribution < -0.4 is 4.90 Å². The summed E-state index contributed by atoms with van der Waals surface area (Å²) in [6.07, 6.45) is 0. The van der Waals surface area contributed by atoms with Crippen molar-refractivity contribution in [3.63, 3.8) is 0 Å². The molecular formula is C24H19ClN2O3S. The first-order valence-electron chi connectivity index (χ1n) is 9.57. The number of aryl methyl sites for hydroxylation is 1. The molecule has 4 rings (SSSR count). The number of halogens is 1. The molecule has 31 heavy (non-hydrogen) atoms. The number of anilines is 1. The average molecular weight is 451 g/mol. The van der Waals surface area contributed by atoms with Gasteiger partial charge in [-0.25, -0.2) is 9.78 Å². The molecule has 1 amide bonds. The molecule has 7 heteroatoms. The molecule has 0 fully saturated rings. The van der Waals surface area contributed by atoms with Gasteiger partial charge in [0.05, 0.1) is 29.4 Å². The van der Waals surface area contributed by atoms with Crippen molar-refractivity contribution in [2.75, 3.05) is 12.0 Å². The van der Waals surface area contributed by atoms with Crippen LogP contribution >= 0.6 is 22.9 Å². The average Bonchev–Trinajstić information content (AvgIpc) is 3.24. The van der Waals surface area contributed by atoms with Crippen LogP contribution in [0.2, 0.25) is 5.02 Å². The normalized spacial score (nSPS) is 10.8. The van der Waals surface area contributed by atoms with Gasteiger partial charge >= 0.3 is 5.97 Å². The summed E-state index contributed by atoms with van der Waals surface area (Å²) in [5.41, 5.74) is 3.50. The summed E-state index contributed by atoms with van der Waals surface area (Å²) in [6.45, 7) is 2.29. The number of ether oxygens (including phenoxy) is 1. The van der Waals surface area contributed by atoms with E-state index >= 15 is 0 Å². The number of hydrogen-bond acceptors (Lipinski definition) is 5. The fourth-order valence-corrected chi connectivity index (χ4v) is 4.39. The second kappa shape index (κ2) is 8.88. The predicted octanol–water partition coefficient (Wildman–Crippen LogP) is 5.89. The molecule has 0 aliphatic rings. The van der Waals surface area contributed by atoms with Gasteiger partial charge in [-0.1, -0.05) is 53.3 Å². The molecule has 3 aromatic carbocycles. The molecule has 0 spiro atoms. The molecule has 1 aromatic heterocycles. The second-order valence-electron chi connectivity index (χ2n) is 6.96. The standard InChI is InChI=1S/C24H19ClN2O3S/c1-15-19(25)12-13-20-21(15)26-24(31-20)27(14-16-6-4-3-5-7-16)22(28)17-8-10-18(11-9-17)23(29)30-2/h3-13H,14H2,1-2H3. The van der Waals surface area contributed by atoms with Gasteiger partial charge in [0, 0.05) is 10.6 Å². The van der Waals surface area contributed by atoms with Gasteiger partial charge in [-0.3, -0.25) is 9.69 Å². The Bertz CT molecular complexity index is 1250. The van der Waals surface area contributed by atoms with Crippen molar-refractivity contribution >= 4 is 50.2 Å². The van der Waals surface area contributed by atoms with Crippen LogP contribution in [0, 0.1) is 6.92 Å². The first-order valence-corrected chi connectivity index (χ1v) is 10.8. The maximum absolute atomic E-state index is 13.5. The molecule has 156 valence electrons. The molecular weight excluding hydrogens is 432 g/mol. The zero-order valence-electron chi connectivity index (χ0n) is 17.0.